The van der Waals surface area contributed by atoms with Gasteiger partial charge in [-0.1, -0.05) is 56.9 Å². The number of hydrogen-bond donors (Lipinski definition) is 0. The van der Waals surface area contributed by atoms with Crippen LogP contribution in [0.1, 0.15) is 120 Å². The van der Waals surface area contributed by atoms with Crippen molar-refractivity contribution in [3.8, 4) is 6.07 Å². The molecule has 0 radical (unpaired) electrons. The first-order valence-corrected chi connectivity index (χ1v) is 14.1. The van der Waals surface area contributed by atoms with Gasteiger partial charge >= 0.3 is 0 Å². The van der Waals surface area contributed by atoms with Crippen molar-refractivity contribution in [1.29, 1.82) is 5.26 Å². The van der Waals surface area contributed by atoms with Crippen LogP contribution in [0.4, 0.5) is 4.39 Å². The molecule has 0 saturated heterocycles. The lowest BCUT2D eigenvalue weighted by Gasteiger charge is -2.32. The van der Waals surface area contributed by atoms with Gasteiger partial charge in [0.1, 0.15) is 6.07 Å². The van der Waals surface area contributed by atoms with E-state index in [1.807, 2.05) is 0 Å². The average Bonchev–Trinajstić information content (AvgIpc) is 2.88. The van der Waals surface area contributed by atoms with Gasteiger partial charge in [-0.05, 0) is 112 Å². The van der Waals surface area contributed by atoms with Gasteiger partial charge in [-0.15, -0.1) is 0 Å². The Morgan fingerprint density at radius 3 is 2.29 bits per heavy atom. The standard InChI is InChI=1S/C31H46FNO/c1-2-3-4-5-6-8-25-11-17-28(18-12-25)29-19-13-27(14-20-29)24-34-31-21-15-26(16-22-31)9-7-10-30(32)23-33/h10-12,17-18,26-27,29,31H,2-9,13-16,19-22,24H2,1H3/b30-10-. The Bertz CT molecular complexity index is 749. The van der Waals surface area contributed by atoms with Gasteiger partial charge < -0.3 is 4.74 Å². The number of halogens is 1. The van der Waals surface area contributed by atoms with Crippen LogP contribution in [0.3, 0.4) is 0 Å². The summed E-state index contributed by atoms with van der Waals surface area (Å²) in [7, 11) is 0. The quantitative estimate of drug-likeness (QED) is 0.214. The summed E-state index contributed by atoms with van der Waals surface area (Å²) < 4.78 is 19.2. The summed E-state index contributed by atoms with van der Waals surface area (Å²) in [4.78, 5) is 0. The molecule has 1 aromatic carbocycles. The van der Waals surface area contributed by atoms with E-state index in [4.69, 9.17) is 10.00 Å². The maximum absolute atomic E-state index is 12.9. The fraction of sp³-hybridized carbons (Fsp3) is 0.710. The summed E-state index contributed by atoms with van der Waals surface area (Å²) in [5, 5.41) is 8.49. The Morgan fingerprint density at radius 2 is 1.62 bits per heavy atom. The van der Waals surface area contributed by atoms with Crippen LogP contribution in [0.25, 0.3) is 0 Å². The Labute approximate surface area is 208 Å². The molecule has 3 heteroatoms. The smallest absolute Gasteiger partial charge is 0.196 e. The second-order valence-corrected chi connectivity index (χ2v) is 10.8. The van der Waals surface area contributed by atoms with E-state index in [-0.39, 0.29) is 0 Å². The third kappa shape index (κ3) is 9.53. The molecule has 0 heterocycles. The molecular weight excluding hydrogens is 421 g/mol. The highest BCUT2D eigenvalue weighted by atomic mass is 19.1. The molecule has 188 valence electrons. The van der Waals surface area contributed by atoms with Crippen LogP contribution in [0, 0.1) is 23.2 Å². The fourth-order valence-corrected chi connectivity index (χ4v) is 5.90. The van der Waals surface area contributed by atoms with Crippen LogP contribution in [-0.4, -0.2) is 12.7 Å². The Morgan fingerprint density at radius 1 is 0.941 bits per heavy atom. The molecule has 0 aliphatic heterocycles. The molecule has 0 amide bonds. The molecule has 0 aromatic heterocycles. The van der Waals surface area contributed by atoms with Crippen molar-refractivity contribution in [2.75, 3.05) is 6.61 Å². The Hall–Kier alpha value is -1.66. The van der Waals surface area contributed by atoms with Crippen molar-refractivity contribution in [2.24, 2.45) is 11.8 Å². The molecule has 0 bridgehead atoms. The molecule has 2 saturated carbocycles. The van der Waals surface area contributed by atoms with Gasteiger partial charge in [-0.3, -0.25) is 0 Å². The molecule has 2 nitrogen and oxygen atoms in total. The molecule has 2 aliphatic carbocycles. The third-order valence-electron chi connectivity index (χ3n) is 8.23. The van der Waals surface area contributed by atoms with E-state index in [1.165, 1.54) is 94.3 Å². The van der Waals surface area contributed by atoms with Gasteiger partial charge in [0.05, 0.1) is 6.10 Å². The van der Waals surface area contributed by atoms with E-state index in [9.17, 15) is 4.39 Å². The van der Waals surface area contributed by atoms with Crippen molar-refractivity contribution in [2.45, 2.75) is 122 Å². The fourth-order valence-electron chi connectivity index (χ4n) is 5.90. The molecule has 34 heavy (non-hydrogen) atoms. The van der Waals surface area contributed by atoms with Gasteiger partial charge in [0.25, 0.3) is 0 Å². The Balaban J connectivity index is 1.27. The van der Waals surface area contributed by atoms with Gasteiger partial charge in [-0.25, -0.2) is 0 Å². The van der Waals surface area contributed by atoms with Gasteiger partial charge in [0, 0.05) is 6.61 Å². The van der Waals surface area contributed by atoms with Crippen molar-refractivity contribution in [3.05, 3.63) is 47.3 Å². The highest BCUT2D eigenvalue weighted by Gasteiger charge is 2.25. The van der Waals surface area contributed by atoms with Crippen LogP contribution in [0.15, 0.2) is 36.2 Å². The normalized spacial score (nSPS) is 25.7. The molecule has 1 aromatic rings. The summed E-state index contributed by atoms with van der Waals surface area (Å²) in [6, 6.07) is 11.1. The zero-order chi connectivity index (χ0) is 24.0. The molecule has 3 rings (SSSR count). The molecule has 0 unspecified atom stereocenters. The van der Waals surface area contributed by atoms with Crippen LogP contribution in [-0.2, 0) is 11.2 Å². The molecule has 0 spiro atoms. The second kappa shape index (κ2) is 15.4. The zero-order valence-corrected chi connectivity index (χ0v) is 21.5. The minimum atomic E-state index is -0.642. The zero-order valence-electron chi connectivity index (χ0n) is 21.5. The maximum Gasteiger partial charge on any atom is 0.196 e. The van der Waals surface area contributed by atoms with Crippen molar-refractivity contribution in [1.82, 2.24) is 0 Å². The van der Waals surface area contributed by atoms with Crippen LogP contribution >= 0.6 is 0 Å². The van der Waals surface area contributed by atoms with E-state index >= 15 is 0 Å². The summed E-state index contributed by atoms with van der Waals surface area (Å²) >= 11 is 0. The van der Waals surface area contributed by atoms with Crippen LogP contribution in [0.2, 0.25) is 0 Å². The van der Waals surface area contributed by atoms with E-state index in [0.717, 1.165) is 37.7 Å². The number of aryl methyl sites for hydroxylation is 1. The Kier molecular flexibility index (Phi) is 12.2. The number of benzene rings is 1. The largest absolute Gasteiger partial charge is 0.378 e. The van der Waals surface area contributed by atoms with Crippen LogP contribution in [0.5, 0.6) is 0 Å². The number of ether oxygens (including phenoxy) is 1. The lowest BCUT2D eigenvalue weighted by molar-refractivity contribution is -0.00824. The summed E-state index contributed by atoms with van der Waals surface area (Å²) in [6.07, 6.45) is 21.3. The van der Waals surface area contributed by atoms with E-state index < -0.39 is 5.83 Å². The second-order valence-electron chi connectivity index (χ2n) is 10.8. The maximum atomic E-state index is 12.9. The summed E-state index contributed by atoms with van der Waals surface area (Å²) in [6.45, 7) is 3.20. The van der Waals surface area contributed by atoms with E-state index in [1.54, 1.807) is 6.07 Å². The highest BCUT2D eigenvalue weighted by molar-refractivity contribution is 5.26. The number of unbranched alkanes of at least 4 members (excludes halogenated alkanes) is 4. The predicted molar refractivity (Wildman–Crippen MR) is 139 cm³/mol. The third-order valence-corrected chi connectivity index (χ3v) is 8.23. The number of nitriles is 1. The van der Waals surface area contributed by atoms with Crippen LogP contribution < -0.4 is 0 Å². The number of nitrogens with zero attached hydrogens (tertiary/aromatic N) is 1. The molecule has 2 fully saturated rings. The first kappa shape index (κ1) is 26.9. The molecule has 0 atom stereocenters. The summed E-state index contributed by atoms with van der Waals surface area (Å²) in [5.74, 6) is 1.46. The van der Waals surface area contributed by atoms with Gasteiger partial charge in [-0.2, -0.15) is 9.65 Å². The minimum absolute atomic E-state index is 0.412. The van der Waals surface area contributed by atoms with Gasteiger partial charge in [0.15, 0.2) is 5.83 Å². The average molecular weight is 468 g/mol. The first-order valence-electron chi connectivity index (χ1n) is 14.1. The van der Waals surface area contributed by atoms with E-state index in [0.29, 0.717) is 18.4 Å². The predicted octanol–water partition coefficient (Wildman–Crippen LogP) is 9.21. The van der Waals surface area contributed by atoms with E-state index in [2.05, 4.69) is 31.2 Å². The highest BCUT2D eigenvalue weighted by Crippen LogP contribution is 2.37. The lowest BCUT2D eigenvalue weighted by Crippen LogP contribution is -2.25. The first-order chi connectivity index (χ1) is 16.7. The van der Waals surface area contributed by atoms with Crippen molar-refractivity contribution >= 4 is 0 Å². The molecule has 2 aliphatic rings. The SMILES string of the molecule is CCCCCCCc1ccc(C2CCC(COC3CCC(CC/C=C(\F)C#N)CC3)CC2)cc1. The molecular formula is C31H46FNO. The lowest BCUT2D eigenvalue weighted by atomic mass is 9.78. The number of allylic oxidation sites excluding steroid dienone is 2. The number of rotatable bonds is 13. The van der Waals surface area contributed by atoms with Gasteiger partial charge in [0.2, 0.25) is 0 Å². The number of hydrogen-bond acceptors (Lipinski definition) is 2. The van der Waals surface area contributed by atoms with Crippen molar-refractivity contribution < 1.29 is 9.13 Å². The molecule has 0 N–H and O–H groups in total. The van der Waals surface area contributed by atoms with Crippen molar-refractivity contribution in [3.63, 3.8) is 0 Å². The monoisotopic (exact) mass is 467 g/mol. The minimum Gasteiger partial charge on any atom is -0.378 e. The topological polar surface area (TPSA) is 33.0 Å². The summed E-state index contributed by atoms with van der Waals surface area (Å²) in [5.41, 5.74) is 3.04.